The molecule has 0 spiro atoms. The highest BCUT2D eigenvalue weighted by molar-refractivity contribution is 7.13. The van der Waals surface area contributed by atoms with E-state index in [2.05, 4.69) is 58.2 Å². The third-order valence-electron chi connectivity index (χ3n) is 3.43. The lowest BCUT2D eigenvalue weighted by Crippen LogP contribution is -2.44. The van der Waals surface area contributed by atoms with Crippen molar-refractivity contribution in [2.24, 2.45) is 0 Å². The summed E-state index contributed by atoms with van der Waals surface area (Å²) in [5.41, 5.74) is 1.36. The average molecular weight is 279 g/mol. The van der Waals surface area contributed by atoms with Gasteiger partial charge in [-0.3, -0.25) is 0 Å². The minimum atomic E-state index is 0.217. The van der Waals surface area contributed by atoms with Crippen LogP contribution < -0.4 is 0 Å². The minimum absolute atomic E-state index is 0.217. The van der Waals surface area contributed by atoms with Crippen LogP contribution in [-0.2, 0) is 10.2 Å². The maximum atomic E-state index is 5.78. The largest absolute Gasteiger partial charge is 0.372 e. The van der Waals surface area contributed by atoms with Gasteiger partial charge in [0.15, 0.2) is 0 Å². The summed E-state index contributed by atoms with van der Waals surface area (Å²) >= 11 is 1.86. The molecule has 0 N–H and O–H groups in total. The molecule has 3 heteroatoms. The maximum absolute atomic E-state index is 5.78. The van der Waals surface area contributed by atoms with Crippen LogP contribution in [0, 0.1) is 0 Å². The molecule has 1 fully saturated rings. The van der Waals surface area contributed by atoms with E-state index in [9.17, 15) is 0 Å². The second kappa shape index (κ2) is 5.29. The Kier molecular flexibility index (Phi) is 4.07. The van der Waals surface area contributed by atoms with Crippen LogP contribution in [0.4, 0.5) is 0 Å². The van der Waals surface area contributed by atoms with Gasteiger partial charge >= 0.3 is 0 Å². The van der Waals surface area contributed by atoms with E-state index in [0.717, 1.165) is 18.8 Å². The van der Waals surface area contributed by atoms with Gasteiger partial charge < -0.3 is 9.64 Å². The number of thiophene rings is 1. The Morgan fingerprint density at radius 1 is 1.26 bits per heavy atom. The zero-order chi connectivity index (χ0) is 14.2. The van der Waals surface area contributed by atoms with Gasteiger partial charge in [0, 0.05) is 23.7 Å². The van der Waals surface area contributed by atoms with Crippen LogP contribution in [-0.4, -0.2) is 30.2 Å². The van der Waals surface area contributed by atoms with E-state index in [-0.39, 0.29) is 17.6 Å². The monoisotopic (exact) mass is 279 g/mol. The molecule has 1 aliphatic heterocycles. The summed E-state index contributed by atoms with van der Waals surface area (Å²) in [7, 11) is 0. The van der Waals surface area contributed by atoms with Gasteiger partial charge in [0.1, 0.15) is 0 Å². The number of nitrogens with zero attached hydrogens (tertiary/aromatic N) is 1. The third kappa shape index (κ3) is 3.40. The molecular weight excluding hydrogens is 254 g/mol. The zero-order valence-electron chi connectivity index (χ0n) is 12.7. The van der Waals surface area contributed by atoms with Crippen LogP contribution in [0.2, 0.25) is 0 Å². The van der Waals surface area contributed by atoms with Crippen molar-refractivity contribution >= 4 is 17.0 Å². The van der Waals surface area contributed by atoms with E-state index >= 15 is 0 Å². The molecule has 0 radical (unpaired) electrons. The quantitative estimate of drug-likeness (QED) is 0.807. The van der Waals surface area contributed by atoms with Crippen molar-refractivity contribution in [2.45, 2.75) is 52.2 Å². The molecule has 0 aliphatic carbocycles. The molecule has 2 atom stereocenters. The smallest absolute Gasteiger partial charge is 0.0726 e. The molecule has 2 nitrogen and oxygen atoms in total. The van der Waals surface area contributed by atoms with Gasteiger partial charge in [-0.15, -0.1) is 11.3 Å². The SMILES string of the molecule is C=C(c1ccc(C(C)(C)C)s1)N1CC(C)OC(C)C1. The molecule has 0 saturated carbocycles. The fraction of sp³-hybridized carbons (Fsp3) is 0.625. The normalized spacial score (nSPS) is 24.6. The van der Waals surface area contributed by atoms with Crippen molar-refractivity contribution < 1.29 is 4.74 Å². The summed E-state index contributed by atoms with van der Waals surface area (Å²) in [6.07, 6.45) is 0.560. The first kappa shape index (κ1) is 14.6. The zero-order valence-corrected chi connectivity index (χ0v) is 13.5. The van der Waals surface area contributed by atoms with Crippen LogP contribution in [0.3, 0.4) is 0 Å². The minimum Gasteiger partial charge on any atom is -0.372 e. The van der Waals surface area contributed by atoms with Crippen LogP contribution in [0.5, 0.6) is 0 Å². The Hall–Kier alpha value is -0.800. The van der Waals surface area contributed by atoms with Crippen molar-refractivity contribution in [3.63, 3.8) is 0 Å². The van der Waals surface area contributed by atoms with Crippen molar-refractivity contribution in [1.82, 2.24) is 4.90 Å². The topological polar surface area (TPSA) is 12.5 Å². The van der Waals surface area contributed by atoms with E-state index in [1.54, 1.807) is 0 Å². The van der Waals surface area contributed by atoms with Gasteiger partial charge in [-0.1, -0.05) is 27.4 Å². The highest BCUT2D eigenvalue weighted by Gasteiger charge is 2.25. The lowest BCUT2D eigenvalue weighted by atomic mass is 9.95. The Morgan fingerprint density at radius 2 is 1.84 bits per heavy atom. The molecule has 2 unspecified atom stereocenters. The first-order chi connectivity index (χ1) is 8.77. The predicted molar refractivity (Wildman–Crippen MR) is 83.6 cm³/mol. The summed E-state index contributed by atoms with van der Waals surface area (Å²) in [5, 5.41) is 0. The Bertz CT molecular complexity index is 448. The van der Waals surface area contributed by atoms with Gasteiger partial charge in [-0.25, -0.2) is 0 Å². The van der Waals surface area contributed by atoms with E-state index < -0.39 is 0 Å². The lowest BCUT2D eigenvalue weighted by molar-refractivity contribution is -0.0507. The Balaban J connectivity index is 2.13. The first-order valence-electron chi connectivity index (χ1n) is 6.97. The van der Waals surface area contributed by atoms with Gasteiger partial charge in [-0.2, -0.15) is 0 Å². The molecule has 1 saturated heterocycles. The summed E-state index contributed by atoms with van der Waals surface area (Å²) < 4.78 is 5.78. The summed E-state index contributed by atoms with van der Waals surface area (Å²) in [4.78, 5) is 5.06. The standard InChI is InChI=1S/C16H25NOS/c1-11-9-17(10-12(2)18-11)13(3)14-7-8-15(19-14)16(4,5)6/h7-8,11-12H,3,9-10H2,1-2,4-6H3. The fourth-order valence-corrected chi connectivity index (χ4v) is 3.51. The van der Waals surface area contributed by atoms with Crippen LogP contribution in [0.15, 0.2) is 18.7 Å². The van der Waals surface area contributed by atoms with E-state index in [1.165, 1.54) is 9.75 Å². The second-order valence-electron chi connectivity index (χ2n) is 6.52. The Morgan fingerprint density at radius 3 is 2.32 bits per heavy atom. The van der Waals surface area contributed by atoms with E-state index in [1.807, 2.05) is 11.3 Å². The van der Waals surface area contributed by atoms with Gasteiger partial charge in [0.25, 0.3) is 0 Å². The molecule has 1 aromatic heterocycles. The fourth-order valence-electron chi connectivity index (χ4n) is 2.45. The Labute approximate surface area is 121 Å². The molecule has 0 bridgehead atoms. The van der Waals surface area contributed by atoms with Gasteiger partial charge in [0.2, 0.25) is 0 Å². The summed E-state index contributed by atoms with van der Waals surface area (Å²) in [6.45, 7) is 17.2. The van der Waals surface area contributed by atoms with Crippen LogP contribution in [0.25, 0.3) is 5.70 Å². The highest BCUT2D eigenvalue weighted by atomic mass is 32.1. The number of rotatable bonds is 2. The van der Waals surface area contributed by atoms with E-state index in [0.29, 0.717) is 0 Å². The molecule has 1 aliphatic rings. The number of ether oxygens (including phenoxy) is 1. The molecule has 2 heterocycles. The van der Waals surface area contributed by atoms with Crippen molar-refractivity contribution in [1.29, 1.82) is 0 Å². The van der Waals surface area contributed by atoms with Gasteiger partial charge in [0.05, 0.1) is 17.1 Å². The molecule has 0 aromatic carbocycles. The van der Waals surface area contributed by atoms with Crippen LogP contribution in [0.1, 0.15) is 44.4 Å². The maximum Gasteiger partial charge on any atom is 0.0726 e. The first-order valence-corrected chi connectivity index (χ1v) is 7.79. The van der Waals surface area contributed by atoms with Crippen molar-refractivity contribution in [3.8, 4) is 0 Å². The molecule has 2 rings (SSSR count). The summed E-state index contributed by atoms with van der Waals surface area (Å²) in [6, 6.07) is 4.44. The number of hydrogen-bond acceptors (Lipinski definition) is 3. The average Bonchev–Trinajstić information content (AvgIpc) is 2.75. The van der Waals surface area contributed by atoms with Gasteiger partial charge in [-0.05, 0) is 31.4 Å². The molecule has 106 valence electrons. The predicted octanol–water partition coefficient (Wildman–Crippen LogP) is 4.13. The van der Waals surface area contributed by atoms with Crippen LogP contribution >= 0.6 is 11.3 Å². The number of morpholine rings is 1. The van der Waals surface area contributed by atoms with Crippen molar-refractivity contribution in [2.75, 3.05) is 13.1 Å². The molecule has 19 heavy (non-hydrogen) atoms. The van der Waals surface area contributed by atoms with Crippen molar-refractivity contribution in [3.05, 3.63) is 28.5 Å². The highest BCUT2D eigenvalue weighted by Crippen LogP contribution is 2.34. The third-order valence-corrected chi connectivity index (χ3v) is 4.99. The van der Waals surface area contributed by atoms with E-state index in [4.69, 9.17) is 4.74 Å². The molecule has 0 amide bonds. The second-order valence-corrected chi connectivity index (χ2v) is 7.61. The summed E-state index contributed by atoms with van der Waals surface area (Å²) in [5.74, 6) is 0. The lowest BCUT2D eigenvalue weighted by Gasteiger charge is -2.37. The molecule has 1 aromatic rings. The number of hydrogen-bond donors (Lipinski definition) is 0. The molecular formula is C16H25NOS.